The molecular weight excluding hydrogens is 552 g/mol. The molecule has 4 rings (SSSR count). The van der Waals surface area contributed by atoms with Crippen LogP contribution in [0, 0.1) is 0 Å². The van der Waals surface area contributed by atoms with Crippen LogP contribution in [0.2, 0.25) is 0 Å². The van der Waals surface area contributed by atoms with Crippen molar-refractivity contribution in [2.75, 3.05) is 19.7 Å². The number of para-hydroxylation sites is 1. The van der Waals surface area contributed by atoms with Gasteiger partial charge in [-0.3, -0.25) is 19.7 Å². The Balaban J connectivity index is 1.52. The molecule has 4 N–H and O–H groups in total. The fraction of sp³-hybridized carbons (Fsp3) is 0.344. The molecule has 0 aromatic heterocycles. The topological polar surface area (TPSA) is 120 Å². The van der Waals surface area contributed by atoms with Gasteiger partial charge in [-0.25, -0.2) is 0 Å². The largest absolute Gasteiger partial charge is 0.484 e. The summed E-state index contributed by atoms with van der Waals surface area (Å²) in [6.45, 7) is 5.26. The van der Waals surface area contributed by atoms with E-state index in [2.05, 4.69) is 16.0 Å². The van der Waals surface area contributed by atoms with Crippen LogP contribution < -0.4 is 20.7 Å². The summed E-state index contributed by atoms with van der Waals surface area (Å²) in [6, 6.07) is 26.7. The number of hydrogen-bond donors (Lipinski definition) is 4. The van der Waals surface area contributed by atoms with Gasteiger partial charge in [-0.1, -0.05) is 78.9 Å². The molecule has 2 amide bonds. The third kappa shape index (κ3) is 8.82. The summed E-state index contributed by atoms with van der Waals surface area (Å²) in [5.41, 5.74) is 2.08. The third-order valence-corrected chi connectivity index (χ3v) is 8.47. The molecule has 1 fully saturated rings. The Morgan fingerprint density at radius 3 is 2.14 bits per heavy atom. The lowest BCUT2D eigenvalue weighted by Crippen LogP contribution is -2.58. The minimum Gasteiger partial charge on any atom is -0.484 e. The molecule has 3 atom stereocenters. The Morgan fingerprint density at radius 1 is 0.952 bits per heavy atom. The average Bonchev–Trinajstić information content (AvgIpc) is 3.32. The predicted molar refractivity (Wildman–Crippen MR) is 164 cm³/mol. The number of carboxylic acids is 1. The average molecular weight is 591 g/mol. The molecule has 3 aromatic carbocycles. The molecule has 1 heterocycles. The summed E-state index contributed by atoms with van der Waals surface area (Å²) >= 11 is 1.34. The first-order valence-corrected chi connectivity index (χ1v) is 14.8. The SMILES string of the molecule is CC1(C)SC(C(NC(=O)COc2ccccc2)C(=O)N(CCNCc2ccccc2)Cc2ccccc2)N[C@H]1C(=O)O. The van der Waals surface area contributed by atoms with Gasteiger partial charge in [-0.05, 0) is 37.1 Å². The molecule has 1 aliphatic heterocycles. The highest BCUT2D eigenvalue weighted by atomic mass is 32.2. The minimum absolute atomic E-state index is 0.283. The maximum absolute atomic E-state index is 14.2. The Morgan fingerprint density at radius 2 is 1.55 bits per heavy atom. The molecule has 0 aliphatic carbocycles. The molecule has 0 spiro atoms. The number of ether oxygens (including phenoxy) is 1. The molecule has 0 bridgehead atoms. The zero-order chi connectivity index (χ0) is 30.0. The lowest BCUT2D eigenvalue weighted by atomic mass is 10.0. The van der Waals surface area contributed by atoms with Crippen LogP contribution in [0.1, 0.15) is 25.0 Å². The van der Waals surface area contributed by atoms with Gasteiger partial charge >= 0.3 is 5.97 Å². The Bertz CT molecular complexity index is 1310. The van der Waals surface area contributed by atoms with E-state index in [0.29, 0.717) is 31.9 Å². The van der Waals surface area contributed by atoms with Gasteiger partial charge in [0.1, 0.15) is 17.8 Å². The van der Waals surface area contributed by atoms with Crippen LogP contribution in [0.25, 0.3) is 0 Å². The maximum atomic E-state index is 14.2. The monoisotopic (exact) mass is 590 g/mol. The van der Waals surface area contributed by atoms with Crippen molar-refractivity contribution in [3.8, 4) is 5.75 Å². The van der Waals surface area contributed by atoms with Crippen molar-refractivity contribution in [1.82, 2.24) is 20.9 Å². The van der Waals surface area contributed by atoms with Crippen molar-refractivity contribution >= 4 is 29.5 Å². The molecular formula is C32H38N4O5S. The standard InChI is InChI=1S/C32H38N4O5S/c1-32(2)28(31(39)40)35-29(42-32)27(34-26(37)22-41-25-16-10-5-11-17-25)30(38)36(21-24-14-8-4-9-15-24)19-18-33-20-23-12-6-3-7-13-23/h3-17,27-29,33,35H,18-22H2,1-2H3,(H,34,37)(H,39,40)/t27?,28-,29?/m0/s1. The van der Waals surface area contributed by atoms with Crippen LogP contribution in [0.15, 0.2) is 91.0 Å². The van der Waals surface area contributed by atoms with E-state index in [1.54, 1.807) is 29.2 Å². The highest BCUT2D eigenvalue weighted by molar-refractivity contribution is 8.01. The zero-order valence-corrected chi connectivity index (χ0v) is 24.7. The number of nitrogens with zero attached hydrogens (tertiary/aromatic N) is 1. The van der Waals surface area contributed by atoms with E-state index in [1.807, 2.05) is 80.6 Å². The van der Waals surface area contributed by atoms with Crippen molar-refractivity contribution in [3.63, 3.8) is 0 Å². The Kier molecular flexibility index (Phi) is 11.0. The van der Waals surface area contributed by atoms with Gasteiger partial charge in [0.05, 0.1) is 5.37 Å². The minimum atomic E-state index is -1.02. The van der Waals surface area contributed by atoms with E-state index < -0.39 is 34.1 Å². The summed E-state index contributed by atoms with van der Waals surface area (Å²) in [7, 11) is 0. The van der Waals surface area contributed by atoms with Crippen LogP contribution in [0.4, 0.5) is 0 Å². The van der Waals surface area contributed by atoms with Crippen LogP contribution in [-0.2, 0) is 27.5 Å². The molecule has 1 saturated heterocycles. The number of nitrogens with one attached hydrogen (secondary N) is 3. The van der Waals surface area contributed by atoms with Gasteiger partial charge in [0.25, 0.3) is 5.91 Å². The van der Waals surface area contributed by atoms with E-state index in [0.717, 1.165) is 11.1 Å². The maximum Gasteiger partial charge on any atom is 0.322 e. The van der Waals surface area contributed by atoms with Crippen molar-refractivity contribution in [3.05, 3.63) is 102 Å². The molecule has 0 saturated carbocycles. The molecule has 42 heavy (non-hydrogen) atoms. The first-order chi connectivity index (χ1) is 20.2. The number of rotatable bonds is 14. The lowest BCUT2D eigenvalue weighted by molar-refractivity contribution is -0.141. The molecule has 2 unspecified atom stereocenters. The normalized spacial score (nSPS) is 18.1. The Labute approximate surface area is 251 Å². The summed E-state index contributed by atoms with van der Waals surface area (Å²) in [4.78, 5) is 41.1. The second kappa shape index (κ2) is 14.9. The first-order valence-electron chi connectivity index (χ1n) is 13.9. The lowest BCUT2D eigenvalue weighted by Gasteiger charge is -2.31. The predicted octanol–water partition coefficient (Wildman–Crippen LogP) is 3.26. The molecule has 3 aromatic rings. The number of carboxylic acid groups (broad SMARTS) is 1. The number of carbonyl (C=O) groups is 3. The van der Waals surface area contributed by atoms with Gasteiger partial charge in [0.2, 0.25) is 5.91 Å². The molecule has 0 radical (unpaired) electrons. The zero-order valence-electron chi connectivity index (χ0n) is 23.9. The van der Waals surface area contributed by atoms with E-state index in [-0.39, 0.29) is 12.5 Å². The number of benzene rings is 3. The van der Waals surface area contributed by atoms with Crippen LogP contribution in [-0.4, -0.2) is 69.7 Å². The smallest absolute Gasteiger partial charge is 0.322 e. The van der Waals surface area contributed by atoms with E-state index in [4.69, 9.17) is 4.74 Å². The van der Waals surface area contributed by atoms with E-state index >= 15 is 0 Å². The van der Waals surface area contributed by atoms with Gasteiger partial charge in [-0.2, -0.15) is 0 Å². The summed E-state index contributed by atoms with van der Waals surface area (Å²) in [5.74, 6) is -1.25. The number of carbonyl (C=O) groups excluding carboxylic acids is 2. The van der Waals surface area contributed by atoms with Crippen LogP contribution >= 0.6 is 11.8 Å². The first kappa shape index (κ1) is 31.1. The molecule has 10 heteroatoms. The van der Waals surface area contributed by atoms with E-state index in [1.165, 1.54) is 11.8 Å². The van der Waals surface area contributed by atoms with E-state index in [9.17, 15) is 19.5 Å². The molecule has 9 nitrogen and oxygen atoms in total. The van der Waals surface area contributed by atoms with Crippen molar-refractivity contribution < 1.29 is 24.2 Å². The Hall–Kier alpha value is -3.86. The summed E-state index contributed by atoms with van der Waals surface area (Å²) in [5, 5.41) is 18.5. The number of aliphatic carboxylic acids is 1. The summed E-state index contributed by atoms with van der Waals surface area (Å²) < 4.78 is 4.91. The fourth-order valence-electron chi connectivity index (χ4n) is 4.79. The van der Waals surface area contributed by atoms with Gasteiger partial charge < -0.3 is 25.4 Å². The van der Waals surface area contributed by atoms with Gasteiger partial charge in [-0.15, -0.1) is 11.8 Å². The highest BCUT2D eigenvalue weighted by Crippen LogP contribution is 2.39. The third-order valence-electron chi connectivity index (χ3n) is 6.96. The van der Waals surface area contributed by atoms with Crippen molar-refractivity contribution in [2.24, 2.45) is 0 Å². The fourth-order valence-corrected chi connectivity index (χ4v) is 6.27. The van der Waals surface area contributed by atoms with Crippen LogP contribution in [0.3, 0.4) is 0 Å². The van der Waals surface area contributed by atoms with Gasteiger partial charge in [0.15, 0.2) is 6.61 Å². The highest BCUT2D eigenvalue weighted by Gasteiger charge is 2.50. The van der Waals surface area contributed by atoms with Crippen molar-refractivity contribution in [1.29, 1.82) is 0 Å². The second-order valence-electron chi connectivity index (χ2n) is 10.6. The van der Waals surface area contributed by atoms with Gasteiger partial charge in [0, 0.05) is 30.9 Å². The second-order valence-corrected chi connectivity index (χ2v) is 12.4. The summed E-state index contributed by atoms with van der Waals surface area (Å²) in [6.07, 6.45) is 0. The molecule has 222 valence electrons. The number of hydrogen-bond acceptors (Lipinski definition) is 7. The van der Waals surface area contributed by atoms with Crippen LogP contribution in [0.5, 0.6) is 5.75 Å². The molecule has 1 aliphatic rings. The van der Waals surface area contributed by atoms with Crippen molar-refractivity contribution in [2.45, 2.75) is 49.1 Å². The number of amides is 2. The number of thioether (sulfide) groups is 1. The quantitative estimate of drug-likeness (QED) is 0.211.